The highest BCUT2D eigenvalue weighted by Crippen LogP contribution is 2.56. The second-order valence-electron chi connectivity index (χ2n) is 10.7. The molecule has 4 aliphatic rings. The van der Waals surface area contributed by atoms with E-state index in [4.69, 9.17) is 41.9 Å². The first-order valence-corrected chi connectivity index (χ1v) is 19.9. The van der Waals surface area contributed by atoms with Crippen molar-refractivity contribution in [3.63, 3.8) is 0 Å². The van der Waals surface area contributed by atoms with E-state index < -0.39 is 60.2 Å². The number of aliphatic carboxylic acids is 1. The Labute approximate surface area is 261 Å². The molecule has 0 saturated heterocycles. The molecule has 0 bridgehead atoms. The van der Waals surface area contributed by atoms with Gasteiger partial charge in [0.2, 0.25) is 5.78 Å². The molecule has 232 valence electrons. The summed E-state index contributed by atoms with van der Waals surface area (Å²) in [7, 11) is 3.20. The van der Waals surface area contributed by atoms with Crippen LogP contribution in [-0.4, -0.2) is 54.8 Å². The maximum absolute atomic E-state index is 12.9. The third kappa shape index (κ3) is 5.77. The first-order valence-electron chi connectivity index (χ1n) is 13.0. The van der Waals surface area contributed by atoms with Crippen LogP contribution in [-0.2, 0) is 46.9 Å². The minimum absolute atomic E-state index is 0.00180. The van der Waals surface area contributed by atoms with Crippen LogP contribution in [0, 0.1) is 0 Å². The van der Waals surface area contributed by atoms with Crippen molar-refractivity contribution in [1.29, 1.82) is 0 Å². The normalized spacial score (nSPS) is 23.6. The van der Waals surface area contributed by atoms with Gasteiger partial charge >= 0.3 is 5.97 Å². The summed E-state index contributed by atoms with van der Waals surface area (Å²) in [6.07, 6.45) is 4.12. The highest BCUT2D eigenvalue weighted by molar-refractivity contribution is 8.19. The molecular weight excluding hydrogens is 689 g/mol. The van der Waals surface area contributed by atoms with Crippen molar-refractivity contribution in [2.24, 2.45) is 0 Å². The molecule has 0 aromatic heterocycles. The molecule has 2 unspecified atom stereocenters. The van der Waals surface area contributed by atoms with Crippen LogP contribution in [0.2, 0.25) is 0 Å². The van der Waals surface area contributed by atoms with Crippen LogP contribution in [0.25, 0.3) is 0 Å². The van der Waals surface area contributed by atoms with Crippen molar-refractivity contribution in [3.8, 4) is 0 Å². The Morgan fingerprint density at radius 2 is 1.72 bits per heavy atom. The number of ether oxygens (including phenoxy) is 1. The van der Waals surface area contributed by atoms with Crippen LogP contribution >= 0.6 is 32.0 Å². The van der Waals surface area contributed by atoms with E-state index in [-0.39, 0.29) is 22.6 Å². The third-order valence-corrected chi connectivity index (χ3v) is 12.0. The number of hydrogen-bond acceptors (Lipinski definition) is 10. The zero-order chi connectivity index (χ0) is 31.7. The summed E-state index contributed by atoms with van der Waals surface area (Å²) >= 11 is 0. The lowest BCUT2D eigenvalue weighted by atomic mass is 9.74. The van der Waals surface area contributed by atoms with Gasteiger partial charge in [-0.15, -0.1) is 0 Å². The van der Waals surface area contributed by atoms with Gasteiger partial charge in [0.15, 0.2) is 10.7 Å². The highest BCUT2D eigenvalue weighted by atomic mass is 35.7. The van der Waals surface area contributed by atoms with Gasteiger partial charge in [0.25, 0.3) is 27.2 Å². The molecule has 17 heteroatoms. The van der Waals surface area contributed by atoms with Crippen molar-refractivity contribution < 1.29 is 44.7 Å². The standard InChI is InChI=1S/C26H24Cl3NO10S3/c1-26(9-4-2-3-5-21(31)32)17-13-15(41(27,34)35)6-7-18(17)30-10-8-19-16(25(26)30)11-14-12-20(42(28,36)37)22(33)24(23(14)40-19)43(29,38)39/h6-7,11-13,19H,2-5,8-10H2,1H3,(H,31,32). The van der Waals surface area contributed by atoms with Crippen LogP contribution in [0.3, 0.4) is 0 Å². The van der Waals surface area contributed by atoms with E-state index in [2.05, 4.69) is 0 Å². The number of Topliss-reactive ketones (excluding diaryl/α,β-unsaturated/α-hetero) is 1. The second kappa shape index (κ2) is 10.9. The number of rotatable bonds is 9. The predicted octanol–water partition coefficient (Wildman–Crippen LogP) is 4.53. The number of anilines is 1. The Balaban J connectivity index is 1.73. The van der Waals surface area contributed by atoms with Gasteiger partial charge in [-0.05, 0) is 55.7 Å². The monoisotopic (exact) mass is 711 g/mol. The number of carboxylic acids is 1. The number of halogens is 3. The van der Waals surface area contributed by atoms with Gasteiger partial charge in [0.1, 0.15) is 11.0 Å². The van der Waals surface area contributed by atoms with E-state index in [9.17, 15) is 34.8 Å². The number of carboxylic acid groups (broad SMARTS) is 1. The lowest BCUT2D eigenvalue weighted by molar-refractivity contribution is -0.137. The van der Waals surface area contributed by atoms with Crippen molar-refractivity contribution in [1.82, 2.24) is 0 Å². The molecule has 0 saturated carbocycles. The van der Waals surface area contributed by atoms with Crippen molar-refractivity contribution in [2.75, 3.05) is 11.4 Å². The zero-order valence-corrected chi connectivity index (χ0v) is 27.1. The molecule has 2 atom stereocenters. The molecule has 0 fully saturated rings. The third-order valence-electron chi connectivity index (χ3n) is 7.99. The number of unbranched alkanes of at least 4 members (excludes halogenated alkanes) is 2. The Morgan fingerprint density at radius 1 is 1.02 bits per heavy atom. The molecule has 5 rings (SSSR count). The molecule has 0 amide bonds. The Morgan fingerprint density at radius 3 is 2.33 bits per heavy atom. The molecule has 11 nitrogen and oxygen atoms in total. The molecule has 43 heavy (non-hydrogen) atoms. The van der Waals surface area contributed by atoms with Gasteiger partial charge in [-0.3, -0.25) is 9.59 Å². The van der Waals surface area contributed by atoms with E-state index in [1.54, 1.807) is 6.07 Å². The zero-order valence-electron chi connectivity index (χ0n) is 22.3. The number of carbonyl (C=O) groups is 2. The number of hydrogen-bond donors (Lipinski definition) is 1. The topological polar surface area (TPSA) is 169 Å². The average Bonchev–Trinajstić information content (AvgIpc) is 3.13. The van der Waals surface area contributed by atoms with Gasteiger partial charge in [0.05, 0.1) is 4.90 Å². The smallest absolute Gasteiger partial charge is 0.303 e. The fourth-order valence-corrected chi connectivity index (χ4v) is 9.10. The van der Waals surface area contributed by atoms with E-state index in [0.29, 0.717) is 55.5 Å². The SMILES string of the molecule is CC1(CCCCCC(=O)O)C2=C3C=C4C=C(S(=O)(=O)Cl)C(=O)C(S(=O)(=O)Cl)=C4OC3CCN2c2ccc(S(=O)(=O)Cl)cc21. The molecule has 3 aliphatic heterocycles. The molecule has 1 aromatic carbocycles. The number of nitrogens with zero attached hydrogens (tertiary/aromatic N) is 1. The predicted molar refractivity (Wildman–Crippen MR) is 159 cm³/mol. The van der Waals surface area contributed by atoms with Crippen molar-refractivity contribution in [3.05, 3.63) is 68.3 Å². The Bertz CT molecular complexity index is 1930. The first-order chi connectivity index (χ1) is 19.8. The Hall–Kier alpha value is -2.36. The molecule has 1 aliphatic carbocycles. The summed E-state index contributed by atoms with van der Waals surface area (Å²) < 4.78 is 79.9. The van der Waals surface area contributed by atoms with Gasteiger partial charge in [-0.2, -0.15) is 0 Å². The van der Waals surface area contributed by atoms with E-state index >= 15 is 0 Å². The van der Waals surface area contributed by atoms with Crippen LogP contribution in [0.15, 0.2) is 67.7 Å². The van der Waals surface area contributed by atoms with E-state index in [0.717, 1.165) is 11.8 Å². The largest absolute Gasteiger partial charge is 0.483 e. The van der Waals surface area contributed by atoms with Crippen LogP contribution in [0.4, 0.5) is 5.69 Å². The number of benzene rings is 1. The molecule has 0 spiro atoms. The van der Waals surface area contributed by atoms with Crippen LogP contribution < -0.4 is 4.90 Å². The summed E-state index contributed by atoms with van der Waals surface area (Å²) in [6.45, 7) is 2.29. The maximum Gasteiger partial charge on any atom is 0.303 e. The minimum atomic E-state index is -4.77. The van der Waals surface area contributed by atoms with Crippen LogP contribution in [0.1, 0.15) is 51.0 Å². The maximum atomic E-state index is 12.9. The highest BCUT2D eigenvalue weighted by Gasteiger charge is 2.50. The quantitative estimate of drug-likeness (QED) is 0.282. The summed E-state index contributed by atoms with van der Waals surface area (Å²) in [5, 5.41) is 9.02. The number of ketones is 1. The van der Waals surface area contributed by atoms with E-state index in [1.165, 1.54) is 18.2 Å². The van der Waals surface area contributed by atoms with Gasteiger partial charge < -0.3 is 14.7 Å². The minimum Gasteiger partial charge on any atom is -0.483 e. The molecule has 1 N–H and O–H groups in total. The second-order valence-corrected chi connectivity index (χ2v) is 18.3. The molecule has 3 heterocycles. The summed E-state index contributed by atoms with van der Waals surface area (Å²) in [6, 6.07) is 4.56. The van der Waals surface area contributed by atoms with Gasteiger partial charge in [0, 0.05) is 79.4 Å². The lowest BCUT2D eigenvalue weighted by Crippen LogP contribution is -2.41. The van der Waals surface area contributed by atoms with E-state index in [1.807, 2.05) is 11.8 Å². The fourth-order valence-electron chi connectivity index (χ4n) is 6.18. The summed E-state index contributed by atoms with van der Waals surface area (Å²) in [5.41, 5.74) is 1.78. The summed E-state index contributed by atoms with van der Waals surface area (Å²) in [5.74, 6) is -2.70. The van der Waals surface area contributed by atoms with Crippen molar-refractivity contribution >= 4 is 76.6 Å². The average molecular weight is 713 g/mol. The molecule has 0 radical (unpaired) electrons. The molecular formula is C26H24Cl3NO10S3. The first kappa shape index (κ1) is 32.0. The molecule has 1 aromatic rings. The fraction of sp³-hybridized carbons (Fsp3) is 0.385. The number of carbonyl (C=O) groups excluding carboxylic acids is 1. The summed E-state index contributed by atoms with van der Waals surface area (Å²) in [4.78, 5) is 23.8. The van der Waals surface area contributed by atoms with Gasteiger partial charge in [-0.25, -0.2) is 25.3 Å². The van der Waals surface area contributed by atoms with Crippen molar-refractivity contribution in [2.45, 2.75) is 61.9 Å². The lowest BCUT2D eigenvalue weighted by Gasteiger charge is -2.41. The number of fused-ring (bicyclic) bond motifs is 5. The number of allylic oxidation sites excluding steroid dienone is 4. The van der Waals surface area contributed by atoms with Gasteiger partial charge in [-0.1, -0.05) is 12.8 Å². The Kier molecular flexibility index (Phi) is 8.13. The van der Waals surface area contributed by atoms with Crippen LogP contribution in [0.5, 0.6) is 0 Å².